The first-order chi connectivity index (χ1) is 13.5. The molecule has 1 amide bonds. The molecular formula is C22H29NO5S. The Bertz CT molecular complexity index is 904. The molecule has 0 radical (unpaired) electrons. The number of rotatable bonds is 8. The predicted molar refractivity (Wildman–Crippen MR) is 114 cm³/mol. The number of hydrogen-bond donors (Lipinski definition) is 1. The molecule has 0 saturated heterocycles. The van der Waals surface area contributed by atoms with E-state index in [4.69, 9.17) is 9.47 Å². The molecule has 29 heavy (non-hydrogen) atoms. The summed E-state index contributed by atoms with van der Waals surface area (Å²) in [5.74, 6) is 0.249. The van der Waals surface area contributed by atoms with Crippen molar-refractivity contribution in [2.75, 3.05) is 12.4 Å². The van der Waals surface area contributed by atoms with Crippen LogP contribution < -0.4 is 10.1 Å². The molecular weight excluding hydrogens is 390 g/mol. The minimum Gasteiger partial charge on any atom is -0.491 e. The fourth-order valence-electron chi connectivity index (χ4n) is 2.70. The second-order valence-corrected chi connectivity index (χ2v) is 10.1. The van der Waals surface area contributed by atoms with Gasteiger partial charge in [-0.1, -0.05) is 42.5 Å². The maximum atomic E-state index is 12.7. The molecule has 0 bridgehead atoms. The van der Waals surface area contributed by atoms with E-state index in [0.29, 0.717) is 11.3 Å². The summed E-state index contributed by atoms with van der Waals surface area (Å²) < 4.78 is 36.4. The Morgan fingerprint density at radius 2 is 1.76 bits per heavy atom. The van der Waals surface area contributed by atoms with E-state index in [1.54, 1.807) is 51.1 Å². The van der Waals surface area contributed by atoms with Crippen molar-refractivity contribution in [1.29, 1.82) is 0 Å². The molecule has 1 unspecified atom stereocenters. The third-order valence-corrected chi connectivity index (χ3v) is 5.53. The van der Waals surface area contributed by atoms with Crippen LogP contribution in [0.4, 0.5) is 4.79 Å². The summed E-state index contributed by atoms with van der Waals surface area (Å²) in [4.78, 5) is 12.2. The molecule has 0 fully saturated rings. The molecule has 1 atom stereocenters. The van der Waals surface area contributed by atoms with Gasteiger partial charge in [-0.2, -0.15) is 0 Å². The maximum absolute atomic E-state index is 12.7. The highest BCUT2D eigenvalue weighted by atomic mass is 32.2. The lowest BCUT2D eigenvalue weighted by molar-refractivity contribution is 0.0495. The first-order valence-corrected chi connectivity index (χ1v) is 11.3. The van der Waals surface area contributed by atoms with Crippen LogP contribution in [-0.4, -0.2) is 38.5 Å². The number of nitrogens with one attached hydrogen (secondary N) is 1. The van der Waals surface area contributed by atoms with Gasteiger partial charge in [-0.25, -0.2) is 13.2 Å². The van der Waals surface area contributed by atoms with Crippen LogP contribution in [0.2, 0.25) is 0 Å². The average molecular weight is 420 g/mol. The molecule has 0 aliphatic carbocycles. The largest absolute Gasteiger partial charge is 0.491 e. The van der Waals surface area contributed by atoms with Crippen LogP contribution >= 0.6 is 0 Å². The molecule has 0 spiro atoms. The Morgan fingerprint density at radius 3 is 2.38 bits per heavy atom. The number of carbonyl (C=O) groups is 1. The van der Waals surface area contributed by atoms with Crippen molar-refractivity contribution < 1.29 is 22.7 Å². The van der Waals surface area contributed by atoms with E-state index < -0.39 is 27.6 Å². The molecule has 1 N–H and O–H groups in total. The summed E-state index contributed by atoms with van der Waals surface area (Å²) in [5, 5.41) is 2.63. The van der Waals surface area contributed by atoms with Gasteiger partial charge in [0.25, 0.3) is 0 Å². The molecule has 0 aliphatic rings. The fourth-order valence-corrected chi connectivity index (χ4v) is 4.31. The lowest BCUT2D eigenvalue weighted by Crippen LogP contribution is -2.46. The first-order valence-electron chi connectivity index (χ1n) is 9.46. The molecule has 158 valence electrons. The van der Waals surface area contributed by atoms with Crippen LogP contribution in [0.3, 0.4) is 0 Å². The third-order valence-electron chi connectivity index (χ3n) is 3.85. The van der Waals surface area contributed by atoms with Crippen molar-refractivity contribution in [3.05, 3.63) is 65.7 Å². The van der Waals surface area contributed by atoms with Crippen molar-refractivity contribution in [1.82, 2.24) is 5.32 Å². The Hall–Kier alpha value is -2.54. The highest BCUT2D eigenvalue weighted by Crippen LogP contribution is 2.14. The smallest absolute Gasteiger partial charge is 0.408 e. The van der Waals surface area contributed by atoms with Crippen molar-refractivity contribution in [3.8, 4) is 5.75 Å². The van der Waals surface area contributed by atoms with Crippen molar-refractivity contribution in [3.63, 3.8) is 0 Å². The molecule has 2 aromatic carbocycles. The SMILES string of the molecule is Cc1cccc(OCC(CS(=O)(=O)Cc2ccccc2)NC(=O)OC(C)(C)C)c1. The van der Waals surface area contributed by atoms with Gasteiger partial charge in [0.1, 0.15) is 18.0 Å². The monoisotopic (exact) mass is 419 g/mol. The summed E-state index contributed by atoms with van der Waals surface area (Å²) in [7, 11) is -3.49. The summed E-state index contributed by atoms with van der Waals surface area (Å²) >= 11 is 0. The molecule has 2 rings (SSSR count). The van der Waals surface area contributed by atoms with Gasteiger partial charge in [-0.15, -0.1) is 0 Å². The van der Waals surface area contributed by atoms with Gasteiger partial charge in [-0.05, 0) is 51.0 Å². The zero-order valence-electron chi connectivity index (χ0n) is 17.3. The highest BCUT2D eigenvalue weighted by Gasteiger charge is 2.25. The van der Waals surface area contributed by atoms with E-state index in [1.165, 1.54) is 0 Å². The lowest BCUT2D eigenvalue weighted by Gasteiger charge is -2.24. The Labute approximate surface area is 173 Å². The van der Waals surface area contributed by atoms with E-state index in [9.17, 15) is 13.2 Å². The normalized spacial score (nSPS) is 12.8. The van der Waals surface area contributed by atoms with E-state index in [0.717, 1.165) is 5.56 Å². The van der Waals surface area contributed by atoms with Crippen LogP contribution in [0.1, 0.15) is 31.9 Å². The molecule has 0 saturated carbocycles. The van der Waals surface area contributed by atoms with Crippen LogP contribution in [0.15, 0.2) is 54.6 Å². The summed E-state index contributed by atoms with van der Waals surface area (Å²) in [6.45, 7) is 7.19. The van der Waals surface area contributed by atoms with Gasteiger partial charge < -0.3 is 14.8 Å². The van der Waals surface area contributed by atoms with E-state index in [-0.39, 0.29) is 18.1 Å². The number of alkyl carbamates (subject to hydrolysis) is 1. The first kappa shape index (κ1) is 22.7. The number of amides is 1. The van der Waals surface area contributed by atoms with Gasteiger partial charge in [0, 0.05) is 0 Å². The summed E-state index contributed by atoms with van der Waals surface area (Å²) in [5.41, 5.74) is 1.04. The molecule has 7 heteroatoms. The third kappa shape index (κ3) is 9.00. The predicted octanol–water partition coefficient (Wildman–Crippen LogP) is 3.88. The van der Waals surface area contributed by atoms with Crippen molar-refractivity contribution in [2.45, 2.75) is 45.1 Å². The maximum Gasteiger partial charge on any atom is 0.408 e. The molecule has 6 nitrogen and oxygen atoms in total. The van der Waals surface area contributed by atoms with Crippen molar-refractivity contribution >= 4 is 15.9 Å². The van der Waals surface area contributed by atoms with Gasteiger partial charge in [0.2, 0.25) is 0 Å². The van der Waals surface area contributed by atoms with Crippen LogP contribution in [0.5, 0.6) is 5.75 Å². The standard InChI is InChI=1S/C22H29NO5S/c1-17-9-8-12-20(13-17)27-14-19(23-21(24)28-22(2,3)4)16-29(25,26)15-18-10-6-5-7-11-18/h5-13,19H,14-16H2,1-4H3,(H,23,24). The van der Waals surface area contributed by atoms with Crippen LogP contribution in [0.25, 0.3) is 0 Å². The van der Waals surface area contributed by atoms with Crippen LogP contribution in [-0.2, 0) is 20.3 Å². The minimum absolute atomic E-state index is 0.0106. The van der Waals surface area contributed by atoms with E-state index in [1.807, 2.05) is 31.2 Å². The zero-order valence-corrected chi connectivity index (χ0v) is 18.2. The molecule has 0 aliphatic heterocycles. The average Bonchev–Trinajstić information content (AvgIpc) is 2.58. The quantitative estimate of drug-likeness (QED) is 0.702. The Kier molecular flexibility index (Phi) is 7.67. The number of benzene rings is 2. The molecule has 0 aromatic heterocycles. The Morgan fingerprint density at radius 1 is 1.07 bits per heavy atom. The number of ether oxygens (including phenoxy) is 2. The van der Waals surface area contributed by atoms with E-state index >= 15 is 0 Å². The second kappa shape index (κ2) is 9.78. The number of hydrogen-bond acceptors (Lipinski definition) is 5. The van der Waals surface area contributed by atoms with Crippen LogP contribution in [0, 0.1) is 6.92 Å². The topological polar surface area (TPSA) is 81.7 Å². The van der Waals surface area contributed by atoms with Crippen molar-refractivity contribution in [2.24, 2.45) is 0 Å². The number of sulfone groups is 1. The highest BCUT2D eigenvalue weighted by molar-refractivity contribution is 7.90. The zero-order chi connectivity index (χ0) is 21.5. The summed E-state index contributed by atoms with van der Waals surface area (Å²) in [6.07, 6.45) is -0.676. The van der Waals surface area contributed by atoms with E-state index in [2.05, 4.69) is 5.32 Å². The van der Waals surface area contributed by atoms with Gasteiger partial charge in [0.05, 0.1) is 17.5 Å². The number of carbonyl (C=O) groups excluding carboxylic acids is 1. The fraction of sp³-hybridized carbons (Fsp3) is 0.409. The molecule has 0 heterocycles. The Balaban J connectivity index is 2.08. The number of aryl methyl sites for hydroxylation is 1. The van der Waals surface area contributed by atoms with Gasteiger partial charge in [0.15, 0.2) is 9.84 Å². The second-order valence-electron chi connectivity index (χ2n) is 8.01. The van der Waals surface area contributed by atoms with Gasteiger partial charge >= 0.3 is 6.09 Å². The summed E-state index contributed by atoms with van der Waals surface area (Å²) in [6, 6.07) is 15.6. The molecule has 2 aromatic rings. The van der Waals surface area contributed by atoms with Gasteiger partial charge in [-0.3, -0.25) is 0 Å². The minimum atomic E-state index is -3.49. The lowest BCUT2D eigenvalue weighted by atomic mass is 10.2.